The fraction of sp³-hybridized carbons (Fsp3) is 0.0769. The third-order valence-electron chi connectivity index (χ3n) is 6.40. The van der Waals surface area contributed by atoms with E-state index in [1.54, 1.807) is 0 Å². The van der Waals surface area contributed by atoms with E-state index in [2.05, 4.69) is 0 Å². The fourth-order valence-corrected chi connectivity index (χ4v) is 10.3. The summed E-state index contributed by atoms with van der Waals surface area (Å²) < 4.78 is 23.9. The second-order valence-electron chi connectivity index (χ2n) is 7.95. The molecule has 0 unspecified atom stereocenters. The average Bonchev–Trinajstić information content (AvgIpc) is 3.31. The van der Waals surface area contributed by atoms with Crippen molar-refractivity contribution in [2.75, 3.05) is 14.2 Å². The van der Waals surface area contributed by atoms with Crippen LogP contribution in [0.1, 0.15) is 0 Å². The average molecular weight is 458 g/mol. The van der Waals surface area contributed by atoms with Crippen molar-refractivity contribution in [3.8, 4) is 11.5 Å². The Labute approximate surface area is 189 Å². The molecule has 4 aromatic carbocycles. The van der Waals surface area contributed by atoms with Crippen LogP contribution in [0, 0.1) is 0 Å². The van der Waals surface area contributed by atoms with E-state index in [0.717, 1.165) is 38.2 Å². The monoisotopic (exact) mass is 458 g/mol. The molecule has 4 aromatic rings. The molecule has 33 heavy (non-hydrogen) atoms. The van der Waals surface area contributed by atoms with Crippen molar-refractivity contribution in [2.45, 2.75) is 0 Å². The molecule has 0 saturated carbocycles. The van der Waals surface area contributed by atoms with E-state index in [1.165, 1.54) is 14.2 Å². The normalized spacial score (nSPS) is 17.8. The summed E-state index contributed by atoms with van der Waals surface area (Å²) in [7, 11) is -1.93. The van der Waals surface area contributed by atoms with Gasteiger partial charge in [0, 0.05) is 0 Å². The van der Waals surface area contributed by atoms with Crippen LogP contribution >= 0.6 is 7.06 Å². The summed E-state index contributed by atoms with van der Waals surface area (Å²) in [4.78, 5) is 26.0. The summed E-state index contributed by atoms with van der Waals surface area (Å²) >= 11 is 0. The van der Waals surface area contributed by atoms with Crippen molar-refractivity contribution in [3.63, 3.8) is 0 Å². The Kier molecular flexibility index (Phi) is 3.93. The predicted octanol–water partition coefficient (Wildman–Crippen LogP) is 4.34. The molecule has 0 radical (unpaired) electrons. The molecule has 6 rings (SSSR count). The molecule has 0 aliphatic carbocycles. The van der Waals surface area contributed by atoms with Gasteiger partial charge < -0.3 is 0 Å². The molecule has 0 amide bonds. The molecule has 0 atom stereocenters. The first-order valence-electron chi connectivity index (χ1n) is 10.4. The summed E-state index contributed by atoms with van der Waals surface area (Å²) in [5, 5.41) is 5.03. The Balaban J connectivity index is 1.85. The molecular weight excluding hydrogens is 439 g/mol. The van der Waals surface area contributed by atoms with Gasteiger partial charge in [0.15, 0.2) is 0 Å². The number of rotatable bonds is 3. The molecule has 0 saturated heterocycles. The van der Waals surface area contributed by atoms with Gasteiger partial charge in [-0.1, -0.05) is 0 Å². The second kappa shape index (κ2) is 6.56. The minimum absolute atomic E-state index is 0.00255. The first-order valence-corrected chi connectivity index (χ1v) is 12.5. The van der Waals surface area contributed by atoms with Gasteiger partial charge in [0.1, 0.15) is 0 Å². The number of methoxy groups -OCH3 is 2. The topological polar surface area (TPSA) is 71.1 Å². The van der Waals surface area contributed by atoms with E-state index in [-0.39, 0.29) is 5.31 Å². The Morgan fingerprint density at radius 1 is 0.727 bits per heavy atom. The Hall–Kier alpha value is -3.89. The fourth-order valence-electron chi connectivity index (χ4n) is 5.10. The van der Waals surface area contributed by atoms with Crippen LogP contribution in [0.4, 0.5) is 0 Å². The number of carbonyl (C=O) groups is 2. The van der Waals surface area contributed by atoms with Gasteiger partial charge >= 0.3 is 189 Å². The molecule has 0 aromatic heterocycles. The molecular formula is C26H19O6P. The van der Waals surface area contributed by atoms with E-state index in [0.29, 0.717) is 11.5 Å². The molecule has 0 fully saturated rings. The molecule has 6 nitrogen and oxygen atoms in total. The summed E-state index contributed by atoms with van der Waals surface area (Å²) in [6, 6.07) is 23.1. The van der Waals surface area contributed by atoms with E-state index < -0.39 is 19.0 Å². The van der Waals surface area contributed by atoms with Gasteiger partial charge in [0.25, 0.3) is 0 Å². The summed E-state index contributed by atoms with van der Waals surface area (Å²) in [5.41, 5.74) is 0. The quantitative estimate of drug-likeness (QED) is 0.258. The summed E-state index contributed by atoms with van der Waals surface area (Å²) in [5.74, 6) is -0.240. The van der Waals surface area contributed by atoms with Crippen molar-refractivity contribution in [1.82, 2.24) is 0 Å². The molecule has 164 valence electrons. The van der Waals surface area contributed by atoms with Crippen LogP contribution in [0.5, 0.6) is 11.5 Å². The van der Waals surface area contributed by atoms with Crippen LogP contribution in [0.15, 0.2) is 84.2 Å². The predicted molar refractivity (Wildman–Crippen MR) is 127 cm³/mol. The van der Waals surface area contributed by atoms with Crippen LogP contribution in [-0.4, -0.2) is 26.2 Å². The Morgan fingerprint density at radius 3 is 1.67 bits per heavy atom. The number of esters is 2. The van der Waals surface area contributed by atoms with E-state index in [1.807, 2.05) is 72.8 Å². The van der Waals surface area contributed by atoms with Gasteiger partial charge in [-0.2, -0.15) is 0 Å². The number of benzene rings is 4. The van der Waals surface area contributed by atoms with Gasteiger partial charge in [0.05, 0.1) is 0 Å². The SMILES string of the molecule is COC(=O)/C=C(/C(=O)OC)P12(Oc3cccc4cccc1c34)Oc1cccc3cccc2c13. The van der Waals surface area contributed by atoms with Crippen molar-refractivity contribution in [2.24, 2.45) is 0 Å². The number of ether oxygens (including phenoxy) is 2. The molecule has 0 N–H and O–H groups in total. The number of carbonyl (C=O) groups excluding carboxylic acids is 2. The van der Waals surface area contributed by atoms with Crippen LogP contribution in [0.25, 0.3) is 21.5 Å². The number of hydrogen-bond acceptors (Lipinski definition) is 6. The second-order valence-corrected chi connectivity index (χ2v) is 11.7. The maximum atomic E-state index is 13.4. The van der Waals surface area contributed by atoms with Crippen LogP contribution in [0.3, 0.4) is 0 Å². The molecule has 2 aliphatic rings. The molecule has 2 heterocycles. The van der Waals surface area contributed by atoms with E-state index in [9.17, 15) is 9.59 Å². The summed E-state index contributed by atoms with van der Waals surface area (Å²) in [6.07, 6.45) is 1.15. The van der Waals surface area contributed by atoms with Gasteiger partial charge in [-0.3, -0.25) is 0 Å². The standard InChI is InChI=1S/C26H19O6P/c1-29-23(27)15-22(26(28)30-2)33(20-13-5-9-16-7-3-11-18(31-33)24(16)20)21-14-6-10-17-8-4-12-19(32-33)25(17)21/h3-15H,1-2H3/b22-15-. The van der Waals surface area contributed by atoms with Crippen molar-refractivity contribution >= 4 is 51.1 Å². The Morgan fingerprint density at radius 2 is 1.21 bits per heavy atom. The third-order valence-corrected chi connectivity index (χ3v) is 11.2. The van der Waals surface area contributed by atoms with Gasteiger partial charge in [-0.25, -0.2) is 0 Å². The molecule has 7 heteroatoms. The first-order chi connectivity index (χ1) is 16.0. The zero-order chi connectivity index (χ0) is 22.8. The van der Waals surface area contributed by atoms with Crippen molar-refractivity contribution in [3.05, 3.63) is 84.2 Å². The molecule has 1 spiro atoms. The summed E-state index contributed by atoms with van der Waals surface area (Å²) in [6.45, 7) is 0. The molecule has 0 bridgehead atoms. The minimum atomic E-state index is -4.46. The molecule has 2 aliphatic heterocycles. The number of hydrogen-bond donors (Lipinski definition) is 0. The maximum absolute atomic E-state index is 13.4. The van der Waals surface area contributed by atoms with Crippen molar-refractivity contribution < 1.29 is 28.1 Å². The van der Waals surface area contributed by atoms with E-state index in [4.69, 9.17) is 18.5 Å². The van der Waals surface area contributed by atoms with Gasteiger partial charge in [-0.15, -0.1) is 0 Å². The first kappa shape index (κ1) is 19.8. The van der Waals surface area contributed by atoms with E-state index >= 15 is 0 Å². The number of fused-ring (bicyclic) bond motifs is 2. The zero-order valence-electron chi connectivity index (χ0n) is 17.9. The Bertz CT molecular complexity index is 1450. The van der Waals surface area contributed by atoms with Crippen LogP contribution in [0.2, 0.25) is 0 Å². The van der Waals surface area contributed by atoms with Gasteiger partial charge in [-0.05, 0) is 0 Å². The van der Waals surface area contributed by atoms with Gasteiger partial charge in [0.2, 0.25) is 0 Å². The van der Waals surface area contributed by atoms with Crippen LogP contribution in [-0.2, 0) is 19.1 Å². The third kappa shape index (κ3) is 2.26. The van der Waals surface area contributed by atoms with Crippen molar-refractivity contribution in [1.29, 1.82) is 0 Å². The van der Waals surface area contributed by atoms with Crippen LogP contribution < -0.4 is 19.7 Å². The zero-order valence-corrected chi connectivity index (χ0v) is 18.8.